The van der Waals surface area contributed by atoms with Crippen molar-refractivity contribution in [3.05, 3.63) is 46.7 Å². The summed E-state index contributed by atoms with van der Waals surface area (Å²) in [7, 11) is 0. The van der Waals surface area contributed by atoms with Crippen molar-refractivity contribution in [3.63, 3.8) is 0 Å². The van der Waals surface area contributed by atoms with Crippen LogP contribution in [-0.4, -0.2) is 27.9 Å². The third-order valence-corrected chi connectivity index (χ3v) is 6.11. The monoisotopic (exact) mass is 455 g/mol. The van der Waals surface area contributed by atoms with Gasteiger partial charge < -0.3 is 9.29 Å². The Morgan fingerprint density at radius 2 is 1.92 bits per heavy atom. The molecule has 0 aliphatic rings. The standard InChI is InChI=1S/C18H25BrF3NO2S/c1-7-10-25-16(4,5)18(21,22)17(6,23-26(24)12(2)3)14-11-13(19)8-9-15(14)20/h7-9,11-12,23H,1,10H2,2-6H3/t17-,26-/m1/s1. The second kappa shape index (κ2) is 8.65. The lowest BCUT2D eigenvalue weighted by Crippen LogP contribution is -2.65. The number of ether oxygens (including phenoxy) is 1. The molecule has 8 heteroatoms. The molecule has 0 spiro atoms. The third-order valence-electron chi connectivity index (χ3n) is 4.15. The Kier molecular flexibility index (Phi) is 7.81. The van der Waals surface area contributed by atoms with Gasteiger partial charge in [-0.15, -0.1) is 11.3 Å². The Labute approximate surface area is 164 Å². The molecule has 0 bridgehead atoms. The molecular formula is C18H25BrF3NO2S. The molecule has 0 heterocycles. The SMILES string of the molecule is C=CCOC(C)(C)C(F)(F)[C@](C)(N[S@+]([O-])C(C)C)c1cc(Br)ccc1F. The zero-order valence-corrected chi connectivity index (χ0v) is 17.9. The van der Waals surface area contributed by atoms with Crippen LogP contribution >= 0.6 is 15.9 Å². The van der Waals surface area contributed by atoms with Gasteiger partial charge in [0.05, 0.1) is 6.61 Å². The average Bonchev–Trinajstić information content (AvgIpc) is 2.54. The molecule has 2 atom stereocenters. The molecule has 0 aromatic heterocycles. The van der Waals surface area contributed by atoms with Crippen LogP contribution in [-0.2, 0) is 21.6 Å². The molecule has 0 unspecified atom stereocenters. The number of alkyl halides is 2. The largest absolute Gasteiger partial charge is 0.598 e. The summed E-state index contributed by atoms with van der Waals surface area (Å²) in [5, 5.41) is -0.447. The number of halogens is 4. The van der Waals surface area contributed by atoms with Gasteiger partial charge in [-0.2, -0.15) is 0 Å². The Morgan fingerprint density at radius 1 is 1.35 bits per heavy atom. The van der Waals surface area contributed by atoms with E-state index in [1.54, 1.807) is 13.8 Å². The predicted molar refractivity (Wildman–Crippen MR) is 103 cm³/mol. The van der Waals surface area contributed by atoms with Gasteiger partial charge in [0.15, 0.2) is 5.54 Å². The summed E-state index contributed by atoms with van der Waals surface area (Å²) in [6.45, 7) is 10.2. The van der Waals surface area contributed by atoms with Crippen molar-refractivity contribution in [2.45, 2.75) is 56.9 Å². The van der Waals surface area contributed by atoms with Crippen molar-refractivity contribution in [3.8, 4) is 0 Å². The highest BCUT2D eigenvalue weighted by molar-refractivity contribution is 9.10. The lowest BCUT2D eigenvalue weighted by molar-refractivity contribution is -0.224. The molecule has 0 saturated heterocycles. The molecule has 0 aliphatic heterocycles. The van der Waals surface area contributed by atoms with Gasteiger partial charge in [-0.3, -0.25) is 0 Å². The lowest BCUT2D eigenvalue weighted by atomic mass is 9.78. The summed E-state index contributed by atoms with van der Waals surface area (Å²) in [4.78, 5) is 0. The molecule has 0 radical (unpaired) electrons. The third kappa shape index (κ3) is 4.65. The molecule has 148 valence electrons. The fourth-order valence-electron chi connectivity index (χ4n) is 2.45. The van der Waals surface area contributed by atoms with Crippen molar-refractivity contribution in [1.82, 2.24) is 4.72 Å². The first kappa shape index (κ1) is 23.5. The van der Waals surface area contributed by atoms with Gasteiger partial charge in [0.25, 0.3) is 0 Å². The van der Waals surface area contributed by atoms with Crippen LogP contribution in [0.4, 0.5) is 13.2 Å². The van der Waals surface area contributed by atoms with Gasteiger partial charge in [-0.25, -0.2) is 13.2 Å². The normalized spacial score (nSPS) is 16.4. The number of hydrogen-bond acceptors (Lipinski definition) is 3. The van der Waals surface area contributed by atoms with E-state index in [2.05, 4.69) is 27.2 Å². The molecule has 0 fully saturated rings. The van der Waals surface area contributed by atoms with Crippen LogP contribution in [0.2, 0.25) is 0 Å². The highest BCUT2D eigenvalue weighted by atomic mass is 79.9. The van der Waals surface area contributed by atoms with E-state index in [0.717, 1.165) is 13.0 Å². The minimum Gasteiger partial charge on any atom is -0.598 e. The maximum absolute atomic E-state index is 15.7. The van der Waals surface area contributed by atoms with Crippen LogP contribution in [0.3, 0.4) is 0 Å². The zero-order chi connectivity index (χ0) is 20.3. The van der Waals surface area contributed by atoms with Crippen LogP contribution in [0.25, 0.3) is 0 Å². The molecule has 26 heavy (non-hydrogen) atoms. The van der Waals surface area contributed by atoms with E-state index in [9.17, 15) is 8.94 Å². The minimum atomic E-state index is -3.63. The van der Waals surface area contributed by atoms with Gasteiger partial charge >= 0.3 is 5.92 Å². The van der Waals surface area contributed by atoms with Crippen molar-refractivity contribution < 1.29 is 22.5 Å². The molecular weight excluding hydrogens is 431 g/mol. The maximum atomic E-state index is 15.7. The fraction of sp³-hybridized carbons (Fsp3) is 0.556. The molecule has 0 aliphatic carbocycles. The molecule has 1 rings (SSSR count). The van der Waals surface area contributed by atoms with E-state index in [0.29, 0.717) is 4.47 Å². The maximum Gasteiger partial charge on any atom is 0.301 e. The average molecular weight is 456 g/mol. The summed E-state index contributed by atoms with van der Waals surface area (Å²) < 4.78 is 66.4. The van der Waals surface area contributed by atoms with Crippen LogP contribution in [0, 0.1) is 5.82 Å². The van der Waals surface area contributed by atoms with E-state index >= 15 is 8.78 Å². The Morgan fingerprint density at radius 3 is 2.42 bits per heavy atom. The van der Waals surface area contributed by atoms with Crippen LogP contribution in [0.5, 0.6) is 0 Å². The summed E-state index contributed by atoms with van der Waals surface area (Å²) in [6.07, 6.45) is 1.36. The summed E-state index contributed by atoms with van der Waals surface area (Å²) in [5.74, 6) is -4.46. The van der Waals surface area contributed by atoms with Gasteiger partial charge in [-0.05, 0) is 52.8 Å². The number of nitrogens with one attached hydrogen (secondary N) is 1. The quantitative estimate of drug-likeness (QED) is 0.416. The van der Waals surface area contributed by atoms with E-state index in [1.165, 1.54) is 32.1 Å². The van der Waals surface area contributed by atoms with E-state index < -0.39 is 39.5 Å². The Bertz CT molecular complexity index is 643. The van der Waals surface area contributed by atoms with Gasteiger partial charge in [-0.1, -0.05) is 22.0 Å². The van der Waals surface area contributed by atoms with Crippen molar-refractivity contribution >= 4 is 27.3 Å². The van der Waals surface area contributed by atoms with Crippen LogP contribution in [0.15, 0.2) is 35.3 Å². The minimum absolute atomic E-state index is 0.104. The highest BCUT2D eigenvalue weighted by Gasteiger charge is 2.64. The Balaban J connectivity index is 3.58. The second-order valence-electron chi connectivity index (χ2n) is 6.88. The predicted octanol–water partition coefficient (Wildman–Crippen LogP) is 5.08. The fourth-order valence-corrected chi connectivity index (χ4v) is 3.69. The molecule has 1 aromatic carbocycles. The molecule has 3 nitrogen and oxygen atoms in total. The topological polar surface area (TPSA) is 44.3 Å². The molecule has 1 N–H and O–H groups in total. The van der Waals surface area contributed by atoms with Crippen molar-refractivity contribution in [2.75, 3.05) is 6.61 Å². The Hall–Kier alpha value is -0.540. The van der Waals surface area contributed by atoms with Crippen molar-refractivity contribution in [1.29, 1.82) is 0 Å². The first-order chi connectivity index (χ1) is 11.8. The number of benzene rings is 1. The smallest absolute Gasteiger partial charge is 0.301 e. The highest BCUT2D eigenvalue weighted by Crippen LogP contribution is 2.48. The van der Waals surface area contributed by atoms with E-state index in [4.69, 9.17) is 4.74 Å². The number of rotatable bonds is 9. The summed E-state index contributed by atoms with van der Waals surface area (Å²) >= 11 is 1.35. The van der Waals surface area contributed by atoms with E-state index in [-0.39, 0.29) is 12.2 Å². The molecule has 1 aromatic rings. The lowest BCUT2D eigenvalue weighted by Gasteiger charge is -2.45. The first-order valence-corrected chi connectivity index (χ1v) is 10.1. The zero-order valence-electron chi connectivity index (χ0n) is 15.5. The first-order valence-electron chi connectivity index (χ1n) is 8.06. The van der Waals surface area contributed by atoms with Crippen LogP contribution < -0.4 is 4.72 Å². The molecule has 0 saturated carbocycles. The summed E-state index contributed by atoms with van der Waals surface area (Å²) in [5.41, 5.74) is -4.58. The van der Waals surface area contributed by atoms with E-state index in [1.807, 2.05) is 0 Å². The van der Waals surface area contributed by atoms with Gasteiger partial charge in [0, 0.05) is 21.4 Å². The van der Waals surface area contributed by atoms with Crippen molar-refractivity contribution in [2.24, 2.45) is 0 Å². The van der Waals surface area contributed by atoms with Gasteiger partial charge in [0.2, 0.25) is 0 Å². The number of hydrogen-bond donors (Lipinski definition) is 1. The van der Waals surface area contributed by atoms with Crippen LogP contribution in [0.1, 0.15) is 40.2 Å². The molecule has 0 amide bonds. The van der Waals surface area contributed by atoms with Gasteiger partial charge in [0.1, 0.15) is 16.7 Å². The second-order valence-corrected chi connectivity index (χ2v) is 9.54. The summed E-state index contributed by atoms with van der Waals surface area (Å²) in [6, 6.07) is 3.76.